The van der Waals surface area contributed by atoms with Gasteiger partial charge in [0, 0.05) is 21.2 Å². The molecule has 2 atom stereocenters. The number of hydrogen-bond donors (Lipinski definition) is 3. The minimum Gasteiger partial charge on any atom is -0.480 e. The zero-order valence-electron chi connectivity index (χ0n) is 19.6. The van der Waals surface area contributed by atoms with Gasteiger partial charge in [0.2, 0.25) is 0 Å². The Morgan fingerprint density at radius 3 is 2.23 bits per heavy atom. The number of carbonyl (C=O) groups excluding carboxylic acids is 1. The highest BCUT2D eigenvalue weighted by Crippen LogP contribution is 2.34. The molecule has 0 aliphatic rings. The normalized spacial score (nSPS) is 14.6. The standard InChI is InChI=1S/C24H29F3N2O5S/c1-23(2,3)34-22(32)29-20(21(30)31)12-14-35(28,33)13-11-18-15-17(16-7-5-4-6-8-16)9-10-19(18)24(25,26)27/h4-10,15,20,28H,11-14H2,1-3H3,(H,29,32)(H,30,31)/t20-,35?/m0/s1. The van der Waals surface area contributed by atoms with Crippen LogP contribution < -0.4 is 5.32 Å². The SMILES string of the molecule is CC(C)(C)OC(=O)N[C@@H](CCS(=N)(=O)CCc1cc(-c2ccccc2)ccc1C(F)(F)F)C(=O)O. The van der Waals surface area contributed by atoms with Crippen molar-refractivity contribution in [2.75, 3.05) is 11.5 Å². The topological polar surface area (TPSA) is 117 Å². The number of aliphatic carboxylic acids is 1. The third-order valence-electron chi connectivity index (χ3n) is 4.94. The Morgan fingerprint density at radius 1 is 1.06 bits per heavy atom. The first-order valence-electron chi connectivity index (χ1n) is 10.8. The average molecular weight is 515 g/mol. The maximum absolute atomic E-state index is 13.5. The molecule has 0 bridgehead atoms. The molecule has 1 amide bonds. The van der Waals surface area contributed by atoms with Crippen LogP contribution in [0.5, 0.6) is 0 Å². The first kappa shape index (κ1) is 28.2. The smallest absolute Gasteiger partial charge is 0.416 e. The molecule has 35 heavy (non-hydrogen) atoms. The summed E-state index contributed by atoms with van der Waals surface area (Å²) in [5.74, 6) is -2.21. The summed E-state index contributed by atoms with van der Waals surface area (Å²) in [4.78, 5) is 23.3. The lowest BCUT2D eigenvalue weighted by molar-refractivity contribution is -0.139. The number of alkyl carbamates (subject to hydrolysis) is 1. The third kappa shape index (κ3) is 9.23. The van der Waals surface area contributed by atoms with Gasteiger partial charge in [-0.15, -0.1) is 0 Å². The van der Waals surface area contributed by atoms with Gasteiger partial charge in [0.05, 0.1) is 5.56 Å². The van der Waals surface area contributed by atoms with E-state index < -0.39 is 56.7 Å². The van der Waals surface area contributed by atoms with Crippen molar-refractivity contribution < 1.29 is 36.8 Å². The molecular weight excluding hydrogens is 485 g/mol. The fourth-order valence-electron chi connectivity index (χ4n) is 3.28. The second-order valence-electron chi connectivity index (χ2n) is 9.03. The van der Waals surface area contributed by atoms with E-state index in [2.05, 4.69) is 5.32 Å². The predicted molar refractivity (Wildman–Crippen MR) is 127 cm³/mol. The summed E-state index contributed by atoms with van der Waals surface area (Å²) in [6.07, 6.45) is -6.23. The molecule has 0 spiro atoms. The van der Waals surface area contributed by atoms with Gasteiger partial charge in [-0.2, -0.15) is 13.2 Å². The van der Waals surface area contributed by atoms with E-state index in [0.29, 0.717) is 11.1 Å². The Hall–Kier alpha value is -3.08. The number of carbonyl (C=O) groups is 2. The van der Waals surface area contributed by atoms with Gasteiger partial charge in [-0.3, -0.25) is 4.78 Å². The maximum Gasteiger partial charge on any atom is 0.416 e. The predicted octanol–water partition coefficient (Wildman–Crippen LogP) is 5.33. The average Bonchev–Trinajstić information content (AvgIpc) is 2.73. The largest absolute Gasteiger partial charge is 0.480 e. The van der Waals surface area contributed by atoms with Crippen LogP contribution in [0.15, 0.2) is 48.5 Å². The second-order valence-corrected chi connectivity index (χ2v) is 11.5. The first-order chi connectivity index (χ1) is 16.1. The zero-order valence-corrected chi connectivity index (χ0v) is 20.5. The summed E-state index contributed by atoms with van der Waals surface area (Å²) in [5, 5.41) is 11.5. The van der Waals surface area contributed by atoms with Crippen LogP contribution in [0.2, 0.25) is 0 Å². The Labute approximate surface area is 202 Å². The van der Waals surface area contributed by atoms with Crippen LogP contribution in [-0.2, 0) is 31.9 Å². The molecule has 2 aromatic carbocycles. The Kier molecular flexibility index (Phi) is 8.94. The summed E-state index contributed by atoms with van der Waals surface area (Å²) in [6.45, 7) is 4.79. The molecule has 0 heterocycles. The third-order valence-corrected chi connectivity index (χ3v) is 6.70. The van der Waals surface area contributed by atoms with Gasteiger partial charge in [-0.1, -0.05) is 42.5 Å². The number of ether oxygens (including phenoxy) is 1. The summed E-state index contributed by atoms with van der Waals surface area (Å²) in [7, 11) is -3.44. The van der Waals surface area contributed by atoms with Gasteiger partial charge >= 0.3 is 18.2 Å². The molecule has 0 aromatic heterocycles. The lowest BCUT2D eigenvalue weighted by Gasteiger charge is -2.22. The van der Waals surface area contributed by atoms with Crippen molar-refractivity contribution >= 4 is 21.8 Å². The highest BCUT2D eigenvalue weighted by atomic mass is 32.2. The van der Waals surface area contributed by atoms with Crippen molar-refractivity contribution in [1.82, 2.24) is 5.32 Å². The number of aryl methyl sites for hydroxylation is 1. The van der Waals surface area contributed by atoms with Crippen LogP contribution in [-0.4, -0.2) is 44.5 Å². The van der Waals surface area contributed by atoms with Gasteiger partial charge in [0.1, 0.15) is 11.6 Å². The number of carboxylic acid groups (broad SMARTS) is 1. The number of carboxylic acids is 1. The summed E-state index contributed by atoms with van der Waals surface area (Å²) < 4.78 is 66.5. The van der Waals surface area contributed by atoms with E-state index in [9.17, 15) is 32.1 Å². The molecule has 1 unspecified atom stereocenters. The molecule has 0 aliphatic carbocycles. The van der Waals surface area contributed by atoms with Gasteiger partial charge in [-0.05, 0) is 56.4 Å². The second kappa shape index (κ2) is 11.1. The van der Waals surface area contributed by atoms with E-state index in [1.54, 1.807) is 51.1 Å². The van der Waals surface area contributed by atoms with Crippen LogP contribution in [0.25, 0.3) is 11.1 Å². The number of benzene rings is 2. The van der Waals surface area contributed by atoms with Crippen LogP contribution in [0.3, 0.4) is 0 Å². The molecule has 2 rings (SSSR count). The Morgan fingerprint density at radius 2 is 1.69 bits per heavy atom. The fourth-order valence-corrected chi connectivity index (χ4v) is 4.65. The molecule has 0 saturated carbocycles. The lowest BCUT2D eigenvalue weighted by atomic mass is 9.97. The van der Waals surface area contributed by atoms with E-state index in [0.717, 1.165) is 6.07 Å². The van der Waals surface area contributed by atoms with Crippen LogP contribution in [0, 0.1) is 4.78 Å². The number of hydrogen-bond acceptors (Lipinski definition) is 5. The fraction of sp³-hybridized carbons (Fsp3) is 0.417. The first-order valence-corrected chi connectivity index (χ1v) is 12.7. The van der Waals surface area contributed by atoms with E-state index in [-0.39, 0.29) is 18.4 Å². The van der Waals surface area contributed by atoms with Crippen molar-refractivity contribution in [2.45, 2.75) is 51.4 Å². The molecule has 0 radical (unpaired) electrons. The summed E-state index contributed by atoms with van der Waals surface area (Å²) in [5.41, 5.74) is -0.562. The van der Waals surface area contributed by atoms with Crippen molar-refractivity contribution in [3.63, 3.8) is 0 Å². The van der Waals surface area contributed by atoms with Gasteiger partial charge in [0.25, 0.3) is 0 Å². The van der Waals surface area contributed by atoms with Crippen molar-refractivity contribution in [1.29, 1.82) is 4.78 Å². The molecule has 192 valence electrons. The van der Waals surface area contributed by atoms with E-state index in [1.165, 1.54) is 12.1 Å². The number of amides is 1. The monoisotopic (exact) mass is 514 g/mol. The van der Waals surface area contributed by atoms with Crippen molar-refractivity contribution in [2.24, 2.45) is 0 Å². The van der Waals surface area contributed by atoms with Crippen molar-refractivity contribution in [3.05, 3.63) is 59.7 Å². The molecule has 2 aromatic rings. The van der Waals surface area contributed by atoms with E-state index in [1.807, 2.05) is 0 Å². The minimum absolute atomic E-state index is 0.0968. The molecule has 0 aliphatic heterocycles. The maximum atomic E-state index is 13.5. The van der Waals surface area contributed by atoms with Gasteiger partial charge in [0.15, 0.2) is 0 Å². The van der Waals surface area contributed by atoms with Crippen LogP contribution >= 0.6 is 0 Å². The highest BCUT2D eigenvalue weighted by molar-refractivity contribution is 7.92. The Balaban J connectivity index is 2.13. The van der Waals surface area contributed by atoms with E-state index in [4.69, 9.17) is 9.52 Å². The minimum atomic E-state index is -4.63. The number of halogens is 3. The molecule has 0 fully saturated rings. The zero-order chi connectivity index (χ0) is 26.4. The molecule has 7 nitrogen and oxygen atoms in total. The van der Waals surface area contributed by atoms with Crippen molar-refractivity contribution in [3.8, 4) is 11.1 Å². The molecule has 3 N–H and O–H groups in total. The van der Waals surface area contributed by atoms with Gasteiger partial charge in [-0.25, -0.2) is 13.8 Å². The number of nitrogens with one attached hydrogen (secondary N) is 2. The molecular formula is C24H29F3N2O5S. The lowest BCUT2D eigenvalue weighted by Crippen LogP contribution is -2.44. The summed E-state index contributed by atoms with van der Waals surface area (Å²) >= 11 is 0. The number of rotatable bonds is 9. The highest BCUT2D eigenvalue weighted by Gasteiger charge is 2.33. The summed E-state index contributed by atoms with van der Waals surface area (Å²) in [6, 6.07) is 11.1. The number of alkyl halides is 3. The molecule has 0 saturated heterocycles. The van der Waals surface area contributed by atoms with Crippen LogP contribution in [0.4, 0.5) is 18.0 Å². The quantitative estimate of drug-likeness (QED) is 0.418. The molecule has 11 heteroatoms. The van der Waals surface area contributed by atoms with Gasteiger partial charge < -0.3 is 15.2 Å². The van der Waals surface area contributed by atoms with Crippen LogP contribution in [0.1, 0.15) is 38.3 Å². The Bertz CT molecular complexity index is 1140. The van der Waals surface area contributed by atoms with E-state index >= 15 is 0 Å².